The summed E-state index contributed by atoms with van der Waals surface area (Å²) >= 11 is 0. The molecule has 3 heterocycles. The number of nitrogens with zero attached hydrogens (tertiary/aromatic N) is 2. The van der Waals surface area contributed by atoms with Gasteiger partial charge in [-0.25, -0.2) is 9.98 Å². The summed E-state index contributed by atoms with van der Waals surface area (Å²) in [5.41, 5.74) is 20.4. The lowest BCUT2D eigenvalue weighted by molar-refractivity contribution is 0.668. The lowest BCUT2D eigenvalue weighted by atomic mass is 9.68. The molecule has 0 fully saturated rings. The molecular formula is C60H36N2O2. The van der Waals surface area contributed by atoms with E-state index >= 15 is 0 Å². The van der Waals surface area contributed by atoms with Gasteiger partial charge in [-0.2, -0.15) is 0 Å². The molecule has 0 bridgehead atoms. The Morgan fingerprint density at radius 1 is 0.375 bits per heavy atom. The molecule has 2 aromatic heterocycles. The molecule has 0 unspecified atom stereocenters. The summed E-state index contributed by atoms with van der Waals surface area (Å²) in [5.74, 6) is 0.639. The van der Waals surface area contributed by atoms with Crippen LogP contribution in [0, 0.1) is 0 Å². The Morgan fingerprint density at radius 2 is 0.953 bits per heavy atom. The minimum Gasteiger partial charge on any atom is -0.456 e. The molecule has 1 aliphatic heterocycles. The third-order valence-corrected chi connectivity index (χ3v) is 13.8. The number of furan rings is 2. The topological polar surface area (TPSA) is 51.0 Å². The molecule has 9 aromatic carbocycles. The molecule has 0 atom stereocenters. The average molecular weight is 817 g/mol. The van der Waals surface area contributed by atoms with Gasteiger partial charge in [0.15, 0.2) is 5.84 Å². The van der Waals surface area contributed by atoms with Crippen molar-refractivity contribution in [1.29, 1.82) is 0 Å². The Balaban J connectivity index is 0.982. The molecule has 1 spiro atoms. The van der Waals surface area contributed by atoms with Gasteiger partial charge in [-0.15, -0.1) is 0 Å². The molecule has 4 nitrogen and oxygen atoms in total. The summed E-state index contributed by atoms with van der Waals surface area (Å²) in [5, 5.41) is 4.21. The van der Waals surface area contributed by atoms with E-state index in [0.29, 0.717) is 12.3 Å². The molecular weight excluding hydrogens is 781 g/mol. The molecule has 64 heavy (non-hydrogen) atoms. The normalized spacial score (nSPS) is 14.6. The monoisotopic (exact) mass is 816 g/mol. The van der Waals surface area contributed by atoms with Crippen molar-refractivity contribution < 1.29 is 8.83 Å². The lowest BCUT2D eigenvalue weighted by Gasteiger charge is -2.32. The van der Waals surface area contributed by atoms with E-state index in [4.69, 9.17) is 18.8 Å². The van der Waals surface area contributed by atoms with Gasteiger partial charge in [0.2, 0.25) is 0 Å². The van der Waals surface area contributed by atoms with Gasteiger partial charge in [0, 0.05) is 39.1 Å². The second kappa shape index (κ2) is 13.3. The van der Waals surface area contributed by atoms with Gasteiger partial charge in [0.1, 0.15) is 22.3 Å². The fourth-order valence-corrected chi connectivity index (χ4v) is 11.1. The minimum atomic E-state index is -0.472. The first kappa shape index (κ1) is 35.3. The summed E-state index contributed by atoms with van der Waals surface area (Å²) in [6.07, 6.45) is 2.81. The number of hydrogen-bond acceptors (Lipinski definition) is 4. The van der Waals surface area contributed by atoms with Crippen molar-refractivity contribution in [2.24, 2.45) is 9.98 Å². The van der Waals surface area contributed by atoms with E-state index in [2.05, 4.69) is 188 Å². The SMILES string of the molecule is C1=C(c2ccc3c(c2)oc2ccccc23)N=C(c2cccc3oc4ccc(-c5cccc6c5C5(c7ccccc7-c7ccccc75)c5ccccc5-6)cc4c23)N=C(c2ccccc2)C1. The van der Waals surface area contributed by atoms with Gasteiger partial charge in [0.05, 0.1) is 16.8 Å². The first-order valence-corrected chi connectivity index (χ1v) is 21.9. The van der Waals surface area contributed by atoms with E-state index in [1.807, 2.05) is 18.2 Å². The predicted molar refractivity (Wildman–Crippen MR) is 261 cm³/mol. The highest BCUT2D eigenvalue weighted by Crippen LogP contribution is 2.64. The Hall–Kier alpha value is -8.34. The third-order valence-electron chi connectivity index (χ3n) is 13.8. The number of aliphatic imine (C=N–C) groups is 2. The molecule has 0 radical (unpaired) electrons. The smallest absolute Gasteiger partial charge is 0.160 e. The molecule has 0 saturated carbocycles. The number of fused-ring (bicyclic) bond motifs is 16. The van der Waals surface area contributed by atoms with Crippen molar-refractivity contribution in [2.75, 3.05) is 0 Å². The fraction of sp³-hybridized carbons (Fsp3) is 0.0333. The summed E-state index contributed by atoms with van der Waals surface area (Å²) in [7, 11) is 0. The van der Waals surface area contributed by atoms with Gasteiger partial charge in [-0.3, -0.25) is 0 Å². The number of hydrogen-bond donors (Lipinski definition) is 0. The first-order chi connectivity index (χ1) is 31.7. The summed E-state index contributed by atoms with van der Waals surface area (Å²) < 4.78 is 13.1. The molecule has 14 rings (SSSR count). The Morgan fingerprint density at radius 3 is 1.75 bits per heavy atom. The number of amidine groups is 1. The van der Waals surface area contributed by atoms with Crippen molar-refractivity contribution >= 4 is 61.1 Å². The maximum Gasteiger partial charge on any atom is 0.160 e. The molecule has 4 heteroatoms. The van der Waals surface area contributed by atoms with Gasteiger partial charge in [-0.05, 0) is 97.6 Å². The van der Waals surface area contributed by atoms with E-state index < -0.39 is 5.41 Å². The van der Waals surface area contributed by atoms with Gasteiger partial charge < -0.3 is 8.83 Å². The lowest BCUT2D eigenvalue weighted by Crippen LogP contribution is -2.26. The van der Waals surface area contributed by atoms with E-state index in [0.717, 1.165) is 77.5 Å². The van der Waals surface area contributed by atoms with Crippen LogP contribution in [0.2, 0.25) is 0 Å². The van der Waals surface area contributed by atoms with Crippen molar-refractivity contribution in [3.63, 3.8) is 0 Å². The van der Waals surface area contributed by atoms with Crippen LogP contribution in [0.5, 0.6) is 0 Å². The summed E-state index contributed by atoms with van der Waals surface area (Å²) in [4.78, 5) is 10.9. The zero-order valence-corrected chi connectivity index (χ0v) is 34.5. The summed E-state index contributed by atoms with van der Waals surface area (Å²) in [6.45, 7) is 0. The van der Waals surface area contributed by atoms with Crippen LogP contribution in [0.25, 0.3) is 83.0 Å². The Bertz CT molecular complexity index is 3820. The first-order valence-electron chi connectivity index (χ1n) is 21.9. The van der Waals surface area contributed by atoms with Crippen LogP contribution in [0.1, 0.15) is 45.4 Å². The van der Waals surface area contributed by atoms with Gasteiger partial charge in [0.25, 0.3) is 0 Å². The molecule has 2 aliphatic carbocycles. The van der Waals surface area contributed by atoms with Crippen LogP contribution in [0.3, 0.4) is 0 Å². The van der Waals surface area contributed by atoms with Crippen LogP contribution in [-0.4, -0.2) is 11.5 Å². The highest BCUT2D eigenvalue weighted by Gasteiger charge is 2.52. The second-order valence-corrected chi connectivity index (χ2v) is 17.1. The Kier molecular flexibility index (Phi) is 7.35. The molecule has 298 valence electrons. The zero-order valence-electron chi connectivity index (χ0n) is 34.5. The van der Waals surface area contributed by atoms with Crippen molar-refractivity contribution in [3.05, 3.63) is 245 Å². The van der Waals surface area contributed by atoms with Gasteiger partial charge >= 0.3 is 0 Å². The summed E-state index contributed by atoms with van der Waals surface area (Å²) in [6, 6.07) is 71.8. The standard InChI is InChI=1S/C60H36N2O2/c1-2-14-36(15-3-1)51-31-32-52(38-28-30-44-43-19-7-11-26-53(43)64-56(44)35-38)62-59(61-51)46-22-13-27-55-57(46)47-34-37(29-33-54(47)63-55)39-20-12-21-45-42-18-6-10-25-50(42)60(58(39)45)48-23-8-4-16-40(48)41-17-5-9-24-49(41)60/h1-30,32-35H,31H2. The maximum absolute atomic E-state index is 6.71. The van der Waals surface area contributed by atoms with E-state index in [1.54, 1.807) is 0 Å². The minimum absolute atomic E-state index is 0.472. The van der Waals surface area contributed by atoms with Crippen LogP contribution in [-0.2, 0) is 5.41 Å². The third kappa shape index (κ3) is 4.88. The van der Waals surface area contributed by atoms with Crippen LogP contribution in [0.4, 0.5) is 0 Å². The van der Waals surface area contributed by atoms with Crippen molar-refractivity contribution in [3.8, 4) is 33.4 Å². The largest absolute Gasteiger partial charge is 0.456 e. The number of benzene rings is 9. The molecule has 3 aliphatic rings. The Labute approximate surface area is 368 Å². The highest BCUT2D eigenvalue weighted by atomic mass is 16.3. The van der Waals surface area contributed by atoms with Gasteiger partial charge in [-0.1, -0.05) is 170 Å². The van der Waals surface area contributed by atoms with Crippen LogP contribution >= 0.6 is 0 Å². The molecule has 0 saturated heterocycles. The molecule has 0 N–H and O–H groups in total. The predicted octanol–water partition coefficient (Wildman–Crippen LogP) is 15.2. The average Bonchev–Trinajstić information content (AvgIpc) is 4.04. The van der Waals surface area contributed by atoms with E-state index in [9.17, 15) is 0 Å². The van der Waals surface area contributed by atoms with Crippen LogP contribution in [0.15, 0.2) is 225 Å². The fourth-order valence-electron chi connectivity index (χ4n) is 11.1. The van der Waals surface area contributed by atoms with Crippen LogP contribution < -0.4 is 0 Å². The van der Waals surface area contributed by atoms with Crippen molar-refractivity contribution in [2.45, 2.75) is 11.8 Å². The quantitative estimate of drug-likeness (QED) is 0.178. The molecule has 11 aromatic rings. The molecule has 0 amide bonds. The number of rotatable bonds is 4. The van der Waals surface area contributed by atoms with E-state index in [1.165, 1.54) is 50.1 Å². The number of para-hydroxylation sites is 1. The zero-order chi connectivity index (χ0) is 41.9. The van der Waals surface area contributed by atoms with E-state index in [-0.39, 0.29) is 0 Å². The maximum atomic E-state index is 6.71. The highest BCUT2D eigenvalue weighted by molar-refractivity contribution is 6.23. The van der Waals surface area contributed by atoms with Crippen molar-refractivity contribution in [1.82, 2.24) is 0 Å². The second-order valence-electron chi connectivity index (χ2n) is 17.1. The number of allylic oxidation sites excluding steroid dienone is 1.